The molecule has 1 heterocycles. The molecule has 0 radical (unpaired) electrons. The van der Waals surface area contributed by atoms with Gasteiger partial charge in [0.25, 0.3) is 0 Å². The maximum absolute atomic E-state index is 5.68. The van der Waals surface area contributed by atoms with E-state index < -0.39 is 0 Å². The Labute approximate surface area is 115 Å². The van der Waals surface area contributed by atoms with Gasteiger partial charge in [0.15, 0.2) is 0 Å². The summed E-state index contributed by atoms with van der Waals surface area (Å²) in [4.78, 5) is 6.81. The predicted octanol–water partition coefficient (Wildman–Crippen LogP) is 2.65. The Morgan fingerprint density at radius 3 is 2.53 bits per heavy atom. The summed E-state index contributed by atoms with van der Waals surface area (Å²) >= 11 is 0. The molecule has 0 saturated heterocycles. The summed E-state index contributed by atoms with van der Waals surface area (Å²) in [6.07, 6.45) is 1.03. The van der Waals surface area contributed by atoms with Gasteiger partial charge in [0.2, 0.25) is 0 Å². The van der Waals surface area contributed by atoms with Crippen LogP contribution in [0.25, 0.3) is 0 Å². The maximum atomic E-state index is 5.68. The molecule has 3 nitrogen and oxygen atoms in total. The number of nitrogens with zero attached hydrogens (tertiary/aromatic N) is 2. The first-order valence-electron chi connectivity index (χ1n) is 6.59. The number of hydrogen-bond acceptors (Lipinski definition) is 3. The second-order valence-electron chi connectivity index (χ2n) is 5.00. The normalized spacial score (nSPS) is 10.9. The molecule has 19 heavy (non-hydrogen) atoms. The van der Waals surface area contributed by atoms with Crippen molar-refractivity contribution in [2.45, 2.75) is 19.9 Å². The van der Waals surface area contributed by atoms with Crippen LogP contribution in [0.5, 0.6) is 0 Å². The minimum Gasteiger partial charge on any atom is -0.399 e. The third-order valence-electron chi connectivity index (χ3n) is 3.14. The van der Waals surface area contributed by atoms with E-state index in [-0.39, 0.29) is 0 Å². The fourth-order valence-electron chi connectivity index (χ4n) is 2.05. The highest BCUT2D eigenvalue weighted by Gasteiger charge is 2.02. The average molecular weight is 255 g/mol. The number of likely N-dealkylation sites (N-methyl/N-ethyl adjacent to an activating group) is 1. The molecule has 0 unspecified atom stereocenters. The highest BCUT2D eigenvalue weighted by Crippen LogP contribution is 2.07. The lowest BCUT2D eigenvalue weighted by Crippen LogP contribution is -2.21. The Morgan fingerprint density at radius 2 is 1.84 bits per heavy atom. The van der Waals surface area contributed by atoms with Crippen molar-refractivity contribution >= 4 is 5.69 Å². The zero-order chi connectivity index (χ0) is 13.7. The summed E-state index contributed by atoms with van der Waals surface area (Å²) < 4.78 is 0. The maximum Gasteiger partial charge on any atom is 0.0547 e. The van der Waals surface area contributed by atoms with Gasteiger partial charge in [0.05, 0.1) is 5.69 Å². The summed E-state index contributed by atoms with van der Waals surface area (Å²) in [6, 6.07) is 14.3. The molecule has 0 atom stereocenters. The van der Waals surface area contributed by atoms with Crippen molar-refractivity contribution in [1.82, 2.24) is 9.88 Å². The first kappa shape index (κ1) is 13.6. The molecule has 0 saturated carbocycles. The zero-order valence-electron chi connectivity index (χ0n) is 11.6. The van der Waals surface area contributed by atoms with Crippen LogP contribution in [-0.4, -0.2) is 23.5 Å². The number of benzene rings is 1. The second kappa shape index (κ2) is 6.34. The number of aromatic nitrogens is 1. The summed E-state index contributed by atoms with van der Waals surface area (Å²) in [5, 5.41) is 0. The third kappa shape index (κ3) is 4.38. The van der Waals surface area contributed by atoms with E-state index in [2.05, 4.69) is 41.2 Å². The van der Waals surface area contributed by atoms with E-state index in [4.69, 9.17) is 5.73 Å². The number of nitrogens with two attached hydrogens (primary N) is 1. The van der Waals surface area contributed by atoms with Crippen molar-refractivity contribution in [3.05, 3.63) is 59.4 Å². The number of nitrogen functional groups attached to an aromatic ring is 1. The minimum atomic E-state index is 0.820. The fourth-order valence-corrected chi connectivity index (χ4v) is 2.05. The second-order valence-corrected chi connectivity index (χ2v) is 5.00. The Bertz CT molecular complexity index is 520. The lowest BCUT2D eigenvalue weighted by atomic mass is 10.1. The average Bonchev–Trinajstić information content (AvgIpc) is 2.38. The summed E-state index contributed by atoms with van der Waals surface area (Å²) in [6.45, 7) is 3.92. The van der Waals surface area contributed by atoms with E-state index in [1.54, 1.807) is 0 Å². The van der Waals surface area contributed by atoms with Crippen molar-refractivity contribution < 1.29 is 0 Å². The quantitative estimate of drug-likeness (QED) is 0.835. The molecule has 1 aromatic heterocycles. The first-order chi connectivity index (χ1) is 9.13. The summed E-state index contributed by atoms with van der Waals surface area (Å²) in [5.74, 6) is 0. The van der Waals surface area contributed by atoms with Gasteiger partial charge in [-0.3, -0.25) is 4.98 Å². The molecule has 3 heteroatoms. The predicted molar refractivity (Wildman–Crippen MR) is 79.9 cm³/mol. The lowest BCUT2D eigenvalue weighted by molar-refractivity contribution is 0.327. The van der Waals surface area contributed by atoms with Crippen LogP contribution in [0.2, 0.25) is 0 Å². The smallest absolute Gasteiger partial charge is 0.0547 e. The number of rotatable bonds is 5. The molecule has 0 bridgehead atoms. The van der Waals surface area contributed by atoms with Crippen LogP contribution in [0.1, 0.15) is 17.0 Å². The van der Waals surface area contributed by atoms with Gasteiger partial charge in [0.1, 0.15) is 0 Å². The third-order valence-corrected chi connectivity index (χ3v) is 3.14. The van der Waals surface area contributed by atoms with Gasteiger partial charge >= 0.3 is 0 Å². The molecule has 1 aromatic carbocycles. The molecular formula is C16H21N3. The van der Waals surface area contributed by atoms with E-state index in [1.165, 1.54) is 5.56 Å². The highest BCUT2D eigenvalue weighted by molar-refractivity contribution is 5.39. The fraction of sp³-hybridized carbons (Fsp3) is 0.312. The Balaban J connectivity index is 1.84. The Morgan fingerprint density at radius 1 is 1.11 bits per heavy atom. The lowest BCUT2D eigenvalue weighted by Gasteiger charge is -2.16. The number of pyridine rings is 1. The van der Waals surface area contributed by atoms with Gasteiger partial charge in [-0.25, -0.2) is 0 Å². The van der Waals surface area contributed by atoms with Gasteiger partial charge < -0.3 is 10.6 Å². The van der Waals surface area contributed by atoms with E-state index >= 15 is 0 Å². The highest BCUT2D eigenvalue weighted by atomic mass is 15.1. The molecule has 100 valence electrons. The molecule has 0 amide bonds. The largest absolute Gasteiger partial charge is 0.399 e. The van der Waals surface area contributed by atoms with Crippen molar-refractivity contribution in [2.75, 3.05) is 19.3 Å². The van der Waals surface area contributed by atoms with Crippen LogP contribution < -0.4 is 5.73 Å². The van der Waals surface area contributed by atoms with Crippen molar-refractivity contribution in [3.8, 4) is 0 Å². The van der Waals surface area contributed by atoms with Crippen LogP contribution >= 0.6 is 0 Å². The Kier molecular flexibility index (Phi) is 4.53. The van der Waals surface area contributed by atoms with Crippen LogP contribution in [0.4, 0.5) is 5.69 Å². The first-order valence-corrected chi connectivity index (χ1v) is 6.59. The Hall–Kier alpha value is -1.87. The van der Waals surface area contributed by atoms with Crippen LogP contribution in [0.15, 0.2) is 42.5 Å². The minimum absolute atomic E-state index is 0.820. The standard InChI is InChI=1S/C16H21N3/c1-13-4-3-5-16(18-13)12-19(2)11-10-14-6-8-15(17)9-7-14/h3-9H,10-12,17H2,1-2H3. The van der Waals surface area contributed by atoms with E-state index in [0.717, 1.165) is 36.6 Å². The molecule has 0 fully saturated rings. The van der Waals surface area contributed by atoms with Gasteiger partial charge in [-0.2, -0.15) is 0 Å². The van der Waals surface area contributed by atoms with Crippen LogP contribution in [0, 0.1) is 6.92 Å². The summed E-state index contributed by atoms with van der Waals surface area (Å²) in [5.41, 5.74) is 10.0. The van der Waals surface area contributed by atoms with Gasteiger partial charge in [0, 0.05) is 24.5 Å². The molecule has 0 spiro atoms. The summed E-state index contributed by atoms with van der Waals surface area (Å²) in [7, 11) is 2.13. The van der Waals surface area contributed by atoms with Crippen molar-refractivity contribution in [3.63, 3.8) is 0 Å². The monoisotopic (exact) mass is 255 g/mol. The van der Waals surface area contributed by atoms with Crippen molar-refractivity contribution in [2.24, 2.45) is 0 Å². The molecular weight excluding hydrogens is 234 g/mol. The molecule has 0 aliphatic rings. The number of aryl methyl sites for hydroxylation is 1. The molecule has 2 aromatic rings. The van der Waals surface area contributed by atoms with Crippen LogP contribution in [0.3, 0.4) is 0 Å². The molecule has 2 N–H and O–H groups in total. The van der Waals surface area contributed by atoms with Gasteiger partial charge in [-0.15, -0.1) is 0 Å². The number of anilines is 1. The van der Waals surface area contributed by atoms with Gasteiger partial charge in [-0.05, 0) is 50.2 Å². The molecule has 0 aliphatic carbocycles. The molecule has 0 aliphatic heterocycles. The topological polar surface area (TPSA) is 42.1 Å². The van der Waals surface area contributed by atoms with E-state index in [0.29, 0.717) is 0 Å². The van der Waals surface area contributed by atoms with Gasteiger partial charge in [-0.1, -0.05) is 18.2 Å². The number of hydrogen-bond donors (Lipinski definition) is 1. The zero-order valence-corrected chi connectivity index (χ0v) is 11.6. The SMILES string of the molecule is Cc1cccc(CN(C)CCc2ccc(N)cc2)n1. The van der Waals surface area contributed by atoms with E-state index in [1.807, 2.05) is 25.1 Å². The van der Waals surface area contributed by atoms with E-state index in [9.17, 15) is 0 Å². The molecule has 2 rings (SSSR count). The van der Waals surface area contributed by atoms with Crippen LogP contribution in [-0.2, 0) is 13.0 Å². The van der Waals surface area contributed by atoms with Crippen molar-refractivity contribution in [1.29, 1.82) is 0 Å².